The number of thiophene rings is 1. The zero-order chi connectivity index (χ0) is 21.3. The second-order valence-electron chi connectivity index (χ2n) is 7.23. The molecule has 0 saturated heterocycles. The van der Waals surface area contributed by atoms with Crippen molar-refractivity contribution in [3.05, 3.63) is 87.6 Å². The number of hydrogen-bond acceptors (Lipinski definition) is 5. The van der Waals surface area contributed by atoms with Gasteiger partial charge < -0.3 is 0 Å². The van der Waals surface area contributed by atoms with Crippen molar-refractivity contribution in [3.63, 3.8) is 0 Å². The van der Waals surface area contributed by atoms with Crippen molar-refractivity contribution in [1.29, 1.82) is 0 Å². The average molecular weight is 440 g/mol. The van der Waals surface area contributed by atoms with Gasteiger partial charge in [0.15, 0.2) is 0 Å². The van der Waals surface area contributed by atoms with Gasteiger partial charge in [-0.15, -0.1) is 11.3 Å². The molecule has 0 unspecified atom stereocenters. The molecule has 1 N–H and O–H groups in total. The van der Waals surface area contributed by atoms with Gasteiger partial charge in [0.05, 0.1) is 28.6 Å². The summed E-state index contributed by atoms with van der Waals surface area (Å²) in [5.74, 6) is -0.167. The van der Waals surface area contributed by atoms with E-state index in [4.69, 9.17) is 0 Å². The first kappa shape index (κ1) is 20.3. The lowest BCUT2D eigenvalue weighted by atomic mass is 9.96. The van der Waals surface area contributed by atoms with Crippen LogP contribution in [-0.4, -0.2) is 31.3 Å². The number of hydrazone groups is 1. The first-order chi connectivity index (χ1) is 14.3. The van der Waals surface area contributed by atoms with Crippen molar-refractivity contribution in [1.82, 2.24) is 5.01 Å². The number of carbonyl (C=O) groups excluding carboxylic acids is 1. The van der Waals surface area contributed by atoms with Gasteiger partial charge in [-0.25, -0.2) is 13.4 Å². The predicted molar refractivity (Wildman–Crippen MR) is 120 cm³/mol. The quantitative estimate of drug-likeness (QED) is 0.639. The third kappa shape index (κ3) is 4.29. The maximum Gasteiger partial charge on any atom is 0.284 e. The Balaban J connectivity index is 1.77. The summed E-state index contributed by atoms with van der Waals surface area (Å²) in [7, 11) is -3.45. The number of nitrogens with zero attached hydrogens (tertiary/aromatic N) is 2. The van der Waals surface area contributed by atoms with Crippen molar-refractivity contribution in [2.75, 3.05) is 11.0 Å². The first-order valence-corrected chi connectivity index (χ1v) is 12.2. The molecule has 154 valence electrons. The minimum absolute atomic E-state index is 0.167. The molecule has 6 nitrogen and oxygen atoms in total. The molecule has 2 aromatic carbocycles. The zero-order valence-electron chi connectivity index (χ0n) is 16.6. The van der Waals surface area contributed by atoms with Crippen LogP contribution >= 0.6 is 11.3 Å². The number of sulfonamides is 1. The Kier molecular flexibility index (Phi) is 5.44. The number of amides is 1. The van der Waals surface area contributed by atoms with Crippen molar-refractivity contribution < 1.29 is 13.2 Å². The molecule has 0 bridgehead atoms. The van der Waals surface area contributed by atoms with Crippen molar-refractivity contribution >= 4 is 38.7 Å². The molecule has 4 rings (SSSR count). The fourth-order valence-electron chi connectivity index (χ4n) is 3.53. The van der Waals surface area contributed by atoms with E-state index in [9.17, 15) is 13.2 Å². The Morgan fingerprint density at radius 1 is 1.13 bits per heavy atom. The average Bonchev–Trinajstić information content (AvgIpc) is 3.37. The van der Waals surface area contributed by atoms with Crippen LogP contribution in [0.15, 0.2) is 71.1 Å². The molecule has 1 atom stereocenters. The van der Waals surface area contributed by atoms with Gasteiger partial charge in [0.2, 0.25) is 10.0 Å². The van der Waals surface area contributed by atoms with Gasteiger partial charge in [-0.2, -0.15) is 5.10 Å². The molecule has 3 aromatic rings. The van der Waals surface area contributed by atoms with E-state index in [-0.39, 0.29) is 11.9 Å². The van der Waals surface area contributed by atoms with Gasteiger partial charge in [-0.1, -0.05) is 54.1 Å². The van der Waals surface area contributed by atoms with Crippen LogP contribution in [0.5, 0.6) is 0 Å². The van der Waals surface area contributed by atoms with Crippen LogP contribution in [0.1, 0.15) is 38.8 Å². The molecule has 1 amide bonds. The number of rotatable bonds is 5. The Bertz CT molecular complexity index is 1220. The summed E-state index contributed by atoms with van der Waals surface area (Å²) in [6.45, 7) is 2.01. The highest BCUT2D eigenvalue weighted by molar-refractivity contribution is 7.92. The highest BCUT2D eigenvalue weighted by Gasteiger charge is 2.34. The van der Waals surface area contributed by atoms with E-state index in [0.29, 0.717) is 28.3 Å². The maximum absolute atomic E-state index is 13.2. The van der Waals surface area contributed by atoms with Crippen LogP contribution in [0, 0.1) is 6.92 Å². The van der Waals surface area contributed by atoms with E-state index in [1.54, 1.807) is 18.2 Å². The number of carbonyl (C=O) groups is 1. The Labute approximate surface area is 179 Å². The number of anilines is 1. The minimum Gasteiger partial charge on any atom is -0.283 e. The fourth-order valence-corrected chi connectivity index (χ4v) is 4.77. The second-order valence-corrected chi connectivity index (χ2v) is 9.92. The molecule has 1 aromatic heterocycles. The van der Waals surface area contributed by atoms with Gasteiger partial charge >= 0.3 is 0 Å². The number of para-hydroxylation sites is 1. The van der Waals surface area contributed by atoms with Crippen LogP contribution in [0.3, 0.4) is 0 Å². The maximum atomic E-state index is 13.2. The van der Waals surface area contributed by atoms with E-state index in [2.05, 4.69) is 15.9 Å². The minimum atomic E-state index is -3.45. The summed E-state index contributed by atoms with van der Waals surface area (Å²) in [5.41, 5.74) is 3.88. The molecular weight excluding hydrogens is 418 g/mol. The summed E-state index contributed by atoms with van der Waals surface area (Å²) < 4.78 is 26.2. The molecular formula is C22H21N3O3S2. The molecule has 8 heteroatoms. The van der Waals surface area contributed by atoms with E-state index in [0.717, 1.165) is 17.4 Å². The van der Waals surface area contributed by atoms with Gasteiger partial charge in [-0.05, 0) is 30.0 Å². The number of benzene rings is 2. The first-order valence-electron chi connectivity index (χ1n) is 9.40. The van der Waals surface area contributed by atoms with Crippen LogP contribution in [0.4, 0.5) is 5.69 Å². The standard InChI is InChI=1S/C22H21N3O3S2/c1-15-7-5-8-16(13-15)20-14-19(23-25(20)22(26)21-11-6-12-29-21)17-9-3-4-10-18(17)24-30(2,27)28/h3-13,20,24H,14H2,1-2H3/t20-/m1/s1. The van der Waals surface area contributed by atoms with Gasteiger partial charge in [0.25, 0.3) is 5.91 Å². The predicted octanol–water partition coefficient (Wildman–Crippen LogP) is 4.42. The molecule has 1 aliphatic heterocycles. The van der Waals surface area contributed by atoms with Crippen LogP contribution in [-0.2, 0) is 10.0 Å². The van der Waals surface area contributed by atoms with Gasteiger partial charge in [0.1, 0.15) is 0 Å². The lowest BCUT2D eigenvalue weighted by molar-refractivity contribution is 0.0716. The molecule has 0 radical (unpaired) electrons. The molecule has 30 heavy (non-hydrogen) atoms. The topological polar surface area (TPSA) is 78.8 Å². The normalized spacial score (nSPS) is 16.4. The Morgan fingerprint density at radius 3 is 2.63 bits per heavy atom. The molecule has 0 saturated carbocycles. The van der Waals surface area contributed by atoms with Crippen LogP contribution in [0.25, 0.3) is 0 Å². The van der Waals surface area contributed by atoms with Crippen molar-refractivity contribution in [2.24, 2.45) is 5.10 Å². The van der Waals surface area contributed by atoms with E-state index in [1.807, 2.05) is 48.7 Å². The highest BCUT2D eigenvalue weighted by atomic mass is 32.2. The summed E-state index contributed by atoms with van der Waals surface area (Å²) in [5, 5.41) is 8.05. The van der Waals surface area contributed by atoms with Crippen molar-refractivity contribution in [2.45, 2.75) is 19.4 Å². The summed E-state index contributed by atoms with van der Waals surface area (Å²) in [6.07, 6.45) is 1.60. The summed E-state index contributed by atoms with van der Waals surface area (Å²) in [6, 6.07) is 18.5. The monoisotopic (exact) mass is 439 g/mol. The molecule has 0 spiro atoms. The Hall–Kier alpha value is -2.97. The lowest BCUT2D eigenvalue weighted by Crippen LogP contribution is -2.26. The third-order valence-electron chi connectivity index (χ3n) is 4.81. The Morgan fingerprint density at radius 2 is 1.93 bits per heavy atom. The van der Waals surface area contributed by atoms with Crippen molar-refractivity contribution in [3.8, 4) is 0 Å². The molecule has 0 aliphatic carbocycles. The van der Waals surface area contributed by atoms with Crippen LogP contribution in [0.2, 0.25) is 0 Å². The highest BCUT2D eigenvalue weighted by Crippen LogP contribution is 2.36. The molecule has 2 heterocycles. The second kappa shape index (κ2) is 8.04. The van der Waals surface area contributed by atoms with E-state index < -0.39 is 10.0 Å². The molecule has 1 aliphatic rings. The number of aryl methyl sites for hydroxylation is 1. The largest absolute Gasteiger partial charge is 0.284 e. The zero-order valence-corrected chi connectivity index (χ0v) is 18.2. The molecule has 0 fully saturated rings. The SMILES string of the molecule is Cc1cccc([C@H]2CC(c3ccccc3NS(C)(=O)=O)=NN2C(=O)c2cccs2)c1. The third-order valence-corrected chi connectivity index (χ3v) is 6.26. The van der Waals surface area contributed by atoms with E-state index in [1.165, 1.54) is 16.3 Å². The van der Waals surface area contributed by atoms with Gasteiger partial charge in [0, 0.05) is 12.0 Å². The fraction of sp³-hybridized carbons (Fsp3) is 0.182. The number of nitrogens with one attached hydrogen (secondary N) is 1. The smallest absolute Gasteiger partial charge is 0.283 e. The summed E-state index contributed by atoms with van der Waals surface area (Å²) in [4.78, 5) is 13.8. The van der Waals surface area contributed by atoms with Crippen LogP contribution < -0.4 is 4.72 Å². The van der Waals surface area contributed by atoms with E-state index >= 15 is 0 Å². The number of hydrogen-bond donors (Lipinski definition) is 1. The lowest BCUT2D eigenvalue weighted by Gasteiger charge is -2.21. The summed E-state index contributed by atoms with van der Waals surface area (Å²) >= 11 is 1.37. The van der Waals surface area contributed by atoms with Gasteiger partial charge in [-0.3, -0.25) is 9.52 Å².